The van der Waals surface area contributed by atoms with Crippen molar-refractivity contribution in [3.8, 4) is 11.5 Å². The van der Waals surface area contributed by atoms with Crippen molar-refractivity contribution >= 4 is 23.4 Å². The van der Waals surface area contributed by atoms with Crippen LogP contribution in [0.3, 0.4) is 0 Å². The lowest BCUT2D eigenvalue weighted by Crippen LogP contribution is -2.25. The summed E-state index contributed by atoms with van der Waals surface area (Å²) >= 11 is 1.29. The van der Waals surface area contributed by atoms with Gasteiger partial charge in [0.25, 0.3) is 0 Å². The van der Waals surface area contributed by atoms with Crippen molar-refractivity contribution in [1.29, 1.82) is 0 Å². The van der Waals surface area contributed by atoms with E-state index < -0.39 is 6.29 Å². The van der Waals surface area contributed by atoms with Crippen LogP contribution in [0.25, 0.3) is 0 Å². The van der Waals surface area contributed by atoms with Gasteiger partial charge < -0.3 is 19.4 Å². The SMILES string of the molecule is Cc1nnc(SCC(=O)Nc2ccc3c(c2)OC(F)(F)O3)n1C1CC1. The molecule has 25 heavy (non-hydrogen) atoms. The zero-order valence-corrected chi connectivity index (χ0v) is 14.0. The third-order valence-corrected chi connectivity index (χ3v) is 4.71. The molecule has 0 spiro atoms. The maximum atomic E-state index is 13.0. The minimum Gasteiger partial charge on any atom is -0.395 e. The Bertz CT molecular complexity index is 838. The number of nitrogens with zero attached hydrogens (tertiary/aromatic N) is 3. The summed E-state index contributed by atoms with van der Waals surface area (Å²) in [6, 6.07) is 4.53. The van der Waals surface area contributed by atoms with Gasteiger partial charge in [0.15, 0.2) is 16.7 Å². The molecule has 2 aliphatic rings. The number of nitrogens with one attached hydrogen (secondary N) is 1. The second-order valence-corrected chi connectivity index (χ2v) is 6.74. The number of hydrogen-bond donors (Lipinski definition) is 1. The summed E-state index contributed by atoms with van der Waals surface area (Å²) in [6.45, 7) is 1.89. The predicted octanol–water partition coefficient (Wildman–Crippen LogP) is 2.97. The second-order valence-electron chi connectivity index (χ2n) is 5.80. The van der Waals surface area contributed by atoms with Crippen LogP contribution >= 0.6 is 11.8 Å². The first-order valence-electron chi connectivity index (χ1n) is 7.65. The van der Waals surface area contributed by atoms with Crippen molar-refractivity contribution in [2.75, 3.05) is 11.1 Å². The Hall–Kier alpha value is -2.36. The average Bonchev–Trinajstić information content (AvgIpc) is 3.23. The van der Waals surface area contributed by atoms with Gasteiger partial charge in [0, 0.05) is 17.8 Å². The third kappa shape index (κ3) is 3.39. The summed E-state index contributed by atoms with van der Waals surface area (Å²) in [4.78, 5) is 12.1. The van der Waals surface area contributed by atoms with Crippen molar-refractivity contribution in [2.24, 2.45) is 0 Å². The summed E-state index contributed by atoms with van der Waals surface area (Å²) in [6.07, 6.45) is -1.48. The Morgan fingerprint density at radius 2 is 2.12 bits per heavy atom. The fourth-order valence-electron chi connectivity index (χ4n) is 2.56. The van der Waals surface area contributed by atoms with Gasteiger partial charge in [-0.25, -0.2) is 0 Å². The normalized spacial score (nSPS) is 17.6. The van der Waals surface area contributed by atoms with E-state index in [0.29, 0.717) is 16.9 Å². The summed E-state index contributed by atoms with van der Waals surface area (Å²) in [5.74, 6) is 0.515. The van der Waals surface area contributed by atoms with Gasteiger partial charge in [-0.05, 0) is 31.9 Å². The lowest BCUT2D eigenvalue weighted by Gasteiger charge is -2.07. The summed E-state index contributed by atoms with van der Waals surface area (Å²) < 4.78 is 36.7. The van der Waals surface area contributed by atoms with Gasteiger partial charge in [-0.15, -0.1) is 19.0 Å². The zero-order chi connectivity index (χ0) is 17.6. The number of aryl methyl sites for hydroxylation is 1. The number of carbonyl (C=O) groups excluding carboxylic acids is 1. The Labute approximate surface area is 145 Å². The van der Waals surface area contributed by atoms with Gasteiger partial charge >= 0.3 is 6.29 Å². The van der Waals surface area contributed by atoms with E-state index in [2.05, 4.69) is 25.0 Å². The molecule has 1 fully saturated rings. The Morgan fingerprint density at radius 3 is 2.88 bits per heavy atom. The number of halogens is 2. The highest BCUT2D eigenvalue weighted by molar-refractivity contribution is 7.99. The van der Waals surface area contributed by atoms with E-state index in [-0.39, 0.29) is 23.2 Å². The molecule has 4 rings (SSSR count). The van der Waals surface area contributed by atoms with E-state index in [1.54, 1.807) is 0 Å². The fourth-order valence-corrected chi connectivity index (χ4v) is 3.41. The molecule has 2 heterocycles. The molecule has 0 saturated heterocycles. The number of rotatable bonds is 5. The van der Waals surface area contributed by atoms with Crippen molar-refractivity contribution in [3.05, 3.63) is 24.0 Å². The van der Waals surface area contributed by atoms with Gasteiger partial charge in [0.1, 0.15) is 5.82 Å². The molecule has 1 aromatic heterocycles. The number of ether oxygens (including phenoxy) is 2. The number of carbonyl (C=O) groups is 1. The Balaban J connectivity index is 1.37. The summed E-state index contributed by atoms with van der Waals surface area (Å²) in [7, 11) is 0. The molecule has 0 bridgehead atoms. The maximum absolute atomic E-state index is 13.0. The maximum Gasteiger partial charge on any atom is 0.586 e. The molecule has 1 N–H and O–H groups in total. The van der Waals surface area contributed by atoms with Gasteiger partial charge in [-0.2, -0.15) is 0 Å². The van der Waals surface area contributed by atoms with Gasteiger partial charge in [0.05, 0.1) is 5.75 Å². The number of aromatic nitrogens is 3. The van der Waals surface area contributed by atoms with Crippen molar-refractivity contribution in [3.63, 3.8) is 0 Å². The largest absolute Gasteiger partial charge is 0.586 e. The molecule has 132 valence electrons. The van der Waals surface area contributed by atoms with E-state index in [9.17, 15) is 13.6 Å². The zero-order valence-electron chi connectivity index (χ0n) is 13.2. The van der Waals surface area contributed by atoms with Crippen molar-refractivity contribution < 1.29 is 23.0 Å². The number of fused-ring (bicyclic) bond motifs is 1. The average molecular weight is 368 g/mol. The van der Waals surface area contributed by atoms with Crippen LogP contribution in [0.1, 0.15) is 24.7 Å². The molecule has 0 atom stereocenters. The minimum absolute atomic E-state index is 0.0645. The number of benzene rings is 1. The van der Waals surface area contributed by atoms with E-state index in [1.807, 2.05) is 11.5 Å². The minimum atomic E-state index is -3.68. The van der Waals surface area contributed by atoms with E-state index in [1.165, 1.54) is 30.0 Å². The number of thioether (sulfide) groups is 1. The highest BCUT2D eigenvalue weighted by Gasteiger charge is 2.43. The van der Waals surface area contributed by atoms with Gasteiger partial charge in [-0.3, -0.25) is 4.79 Å². The van der Waals surface area contributed by atoms with Crippen LogP contribution in [0, 0.1) is 6.92 Å². The van der Waals surface area contributed by atoms with Crippen LogP contribution in [0.2, 0.25) is 0 Å². The van der Waals surface area contributed by atoms with E-state index in [0.717, 1.165) is 18.7 Å². The molecule has 7 nitrogen and oxygen atoms in total. The predicted molar refractivity (Wildman–Crippen MR) is 85.0 cm³/mol. The van der Waals surface area contributed by atoms with Crippen LogP contribution in [-0.4, -0.2) is 32.7 Å². The lowest BCUT2D eigenvalue weighted by molar-refractivity contribution is -0.286. The fraction of sp³-hybridized carbons (Fsp3) is 0.400. The lowest BCUT2D eigenvalue weighted by atomic mass is 10.3. The topological polar surface area (TPSA) is 78.3 Å². The number of anilines is 1. The van der Waals surface area contributed by atoms with Gasteiger partial charge in [0.2, 0.25) is 5.91 Å². The first-order chi connectivity index (χ1) is 11.9. The Morgan fingerprint density at radius 1 is 1.36 bits per heavy atom. The quantitative estimate of drug-likeness (QED) is 0.818. The Kier molecular flexibility index (Phi) is 3.78. The van der Waals surface area contributed by atoms with E-state index >= 15 is 0 Å². The molecule has 1 amide bonds. The smallest absolute Gasteiger partial charge is 0.395 e. The van der Waals surface area contributed by atoms with Crippen LogP contribution in [-0.2, 0) is 4.79 Å². The molecule has 1 aliphatic carbocycles. The molecular weight excluding hydrogens is 354 g/mol. The third-order valence-electron chi connectivity index (χ3n) is 3.76. The molecule has 1 saturated carbocycles. The monoisotopic (exact) mass is 368 g/mol. The summed E-state index contributed by atoms with van der Waals surface area (Å²) in [5.41, 5.74) is 0.352. The number of amides is 1. The van der Waals surface area contributed by atoms with Crippen molar-refractivity contribution in [2.45, 2.75) is 37.3 Å². The molecule has 0 unspecified atom stereocenters. The number of alkyl halides is 2. The standard InChI is InChI=1S/C15H14F2N4O3S/c1-8-19-20-14(21(8)10-3-4-10)25-7-13(22)18-9-2-5-11-12(6-9)24-15(16,17)23-11/h2,5-6,10H,3-4,7H2,1H3,(H,18,22). The summed E-state index contributed by atoms with van der Waals surface area (Å²) in [5, 5.41) is 11.5. The van der Waals surface area contributed by atoms with E-state index in [4.69, 9.17) is 0 Å². The molecule has 10 heteroatoms. The highest BCUT2D eigenvalue weighted by Crippen LogP contribution is 2.42. The highest BCUT2D eigenvalue weighted by atomic mass is 32.2. The first-order valence-corrected chi connectivity index (χ1v) is 8.64. The number of hydrogen-bond acceptors (Lipinski definition) is 6. The van der Waals surface area contributed by atoms with Gasteiger partial charge in [-0.1, -0.05) is 11.8 Å². The first kappa shape index (κ1) is 16.1. The second kappa shape index (κ2) is 5.87. The molecular formula is C15H14F2N4O3S. The van der Waals surface area contributed by atoms with Crippen LogP contribution < -0.4 is 14.8 Å². The molecule has 0 radical (unpaired) electrons. The van der Waals surface area contributed by atoms with Crippen molar-refractivity contribution in [1.82, 2.24) is 14.8 Å². The van der Waals surface area contributed by atoms with Crippen LogP contribution in [0.4, 0.5) is 14.5 Å². The van der Waals surface area contributed by atoms with Crippen LogP contribution in [0.15, 0.2) is 23.4 Å². The van der Waals surface area contributed by atoms with Crippen LogP contribution in [0.5, 0.6) is 11.5 Å². The molecule has 1 aliphatic heterocycles. The molecule has 1 aromatic carbocycles. The molecule has 2 aromatic rings.